The quantitative estimate of drug-likeness (QED) is 0.773. The van der Waals surface area contributed by atoms with Crippen molar-refractivity contribution in [2.45, 2.75) is 33.1 Å². The number of nitrogens with one attached hydrogen (secondary N) is 2. The maximum absolute atomic E-state index is 12.4. The van der Waals surface area contributed by atoms with E-state index in [0.29, 0.717) is 5.92 Å². The topological polar surface area (TPSA) is 58.2 Å². The summed E-state index contributed by atoms with van der Waals surface area (Å²) in [5.41, 5.74) is 3.63. The molecule has 2 amide bonds. The van der Waals surface area contributed by atoms with E-state index >= 15 is 0 Å². The summed E-state index contributed by atoms with van der Waals surface area (Å²) in [7, 11) is 0. The Labute approximate surface area is 160 Å². The van der Waals surface area contributed by atoms with Crippen molar-refractivity contribution in [3.8, 4) is 0 Å². The minimum absolute atomic E-state index is 0.0324. The number of halogens is 1. The fraction of sp³-hybridized carbons (Fsp3) is 0.368. The monoisotopic (exact) mass is 420 g/mol. The normalized spacial score (nSPS) is 16.2. The Hall–Kier alpha value is -1.66. The van der Waals surface area contributed by atoms with Crippen molar-refractivity contribution >= 4 is 44.8 Å². The van der Waals surface area contributed by atoms with Crippen molar-refractivity contribution in [3.63, 3.8) is 0 Å². The van der Waals surface area contributed by atoms with Gasteiger partial charge in [0.1, 0.15) is 0 Å². The number of amides is 2. The van der Waals surface area contributed by atoms with Gasteiger partial charge in [0.15, 0.2) is 0 Å². The standard InChI is InChI=1S/C19H21BrN2O2S/c1-11-3-5-14-15(10-25-17(14)7-11)19(24)21-9-18(23)22-16-6-4-13(20)8-12(16)2/h4,6,8,10-11H,3,5,7,9H2,1-2H3,(H,21,24)(H,22,23). The van der Waals surface area contributed by atoms with E-state index in [9.17, 15) is 9.59 Å². The highest BCUT2D eigenvalue weighted by Crippen LogP contribution is 2.32. The van der Waals surface area contributed by atoms with Crippen molar-refractivity contribution < 1.29 is 9.59 Å². The van der Waals surface area contributed by atoms with Crippen molar-refractivity contribution in [3.05, 3.63) is 49.6 Å². The molecular formula is C19H21BrN2O2S. The molecule has 0 spiro atoms. The van der Waals surface area contributed by atoms with Gasteiger partial charge in [-0.05, 0) is 61.4 Å². The van der Waals surface area contributed by atoms with Crippen molar-refractivity contribution in [1.82, 2.24) is 5.32 Å². The van der Waals surface area contributed by atoms with Gasteiger partial charge >= 0.3 is 0 Å². The molecule has 0 radical (unpaired) electrons. The number of aryl methyl sites for hydroxylation is 1. The molecule has 0 saturated heterocycles. The summed E-state index contributed by atoms with van der Waals surface area (Å²) < 4.78 is 0.966. The van der Waals surface area contributed by atoms with Crippen LogP contribution in [0.1, 0.15) is 39.7 Å². The molecule has 1 aromatic heterocycles. The molecule has 1 unspecified atom stereocenters. The summed E-state index contributed by atoms with van der Waals surface area (Å²) in [4.78, 5) is 25.9. The first-order chi connectivity index (χ1) is 11.9. The van der Waals surface area contributed by atoms with Gasteiger partial charge in [0.2, 0.25) is 5.91 Å². The largest absolute Gasteiger partial charge is 0.343 e. The highest BCUT2D eigenvalue weighted by Gasteiger charge is 2.23. The maximum atomic E-state index is 12.4. The molecule has 6 heteroatoms. The van der Waals surface area contributed by atoms with Gasteiger partial charge in [-0.1, -0.05) is 22.9 Å². The zero-order valence-corrected chi connectivity index (χ0v) is 16.7. The van der Waals surface area contributed by atoms with Crippen LogP contribution in [0.25, 0.3) is 0 Å². The van der Waals surface area contributed by atoms with Crippen LogP contribution >= 0.6 is 27.3 Å². The minimum Gasteiger partial charge on any atom is -0.343 e. The highest BCUT2D eigenvalue weighted by atomic mass is 79.9. The van der Waals surface area contributed by atoms with Crippen LogP contribution in [0.4, 0.5) is 5.69 Å². The molecule has 0 saturated carbocycles. The molecule has 4 nitrogen and oxygen atoms in total. The van der Waals surface area contributed by atoms with Crippen LogP contribution in [-0.2, 0) is 17.6 Å². The molecule has 1 aliphatic carbocycles. The van der Waals surface area contributed by atoms with E-state index in [0.717, 1.165) is 40.5 Å². The average molecular weight is 421 g/mol. The SMILES string of the molecule is Cc1cc(Br)ccc1NC(=O)CNC(=O)c1csc2c1CCC(C)C2. The summed E-state index contributed by atoms with van der Waals surface area (Å²) in [6.45, 7) is 4.14. The molecule has 0 bridgehead atoms. The predicted molar refractivity (Wildman–Crippen MR) is 105 cm³/mol. The summed E-state index contributed by atoms with van der Waals surface area (Å²) in [5, 5.41) is 7.50. The number of fused-ring (bicyclic) bond motifs is 1. The smallest absolute Gasteiger partial charge is 0.252 e. The number of benzene rings is 1. The molecular weight excluding hydrogens is 400 g/mol. The lowest BCUT2D eigenvalue weighted by Crippen LogP contribution is -2.33. The predicted octanol–water partition coefficient (Wildman–Crippen LogP) is 4.31. The lowest BCUT2D eigenvalue weighted by molar-refractivity contribution is -0.115. The second-order valence-electron chi connectivity index (χ2n) is 6.59. The van der Waals surface area contributed by atoms with Crippen molar-refractivity contribution in [1.29, 1.82) is 0 Å². The van der Waals surface area contributed by atoms with E-state index in [2.05, 4.69) is 33.5 Å². The van der Waals surface area contributed by atoms with E-state index in [-0.39, 0.29) is 18.4 Å². The Balaban J connectivity index is 1.58. The lowest BCUT2D eigenvalue weighted by atomic mass is 9.88. The van der Waals surface area contributed by atoms with Gasteiger partial charge in [-0.3, -0.25) is 9.59 Å². The third kappa shape index (κ3) is 4.30. The molecule has 0 aliphatic heterocycles. The van der Waals surface area contributed by atoms with E-state index in [1.54, 1.807) is 11.3 Å². The number of carbonyl (C=O) groups is 2. The Morgan fingerprint density at radius 2 is 2.16 bits per heavy atom. The molecule has 3 rings (SSSR count). The molecule has 1 atom stereocenters. The van der Waals surface area contributed by atoms with Gasteiger partial charge < -0.3 is 10.6 Å². The number of hydrogen-bond acceptors (Lipinski definition) is 3. The van der Waals surface area contributed by atoms with Gasteiger partial charge in [0.05, 0.1) is 12.1 Å². The van der Waals surface area contributed by atoms with Crippen LogP contribution in [0, 0.1) is 12.8 Å². The van der Waals surface area contributed by atoms with Crippen LogP contribution in [0.5, 0.6) is 0 Å². The Morgan fingerprint density at radius 1 is 1.36 bits per heavy atom. The number of anilines is 1. The van der Waals surface area contributed by atoms with Crippen LogP contribution in [0.15, 0.2) is 28.1 Å². The average Bonchev–Trinajstić information content (AvgIpc) is 2.98. The fourth-order valence-corrected chi connectivity index (χ4v) is 4.81. The van der Waals surface area contributed by atoms with Crippen molar-refractivity contribution in [2.24, 2.45) is 5.92 Å². The molecule has 2 aromatic rings. The molecule has 132 valence electrons. The van der Waals surface area contributed by atoms with Gasteiger partial charge in [-0.25, -0.2) is 0 Å². The highest BCUT2D eigenvalue weighted by molar-refractivity contribution is 9.10. The first-order valence-corrected chi connectivity index (χ1v) is 10.0. The molecule has 1 aromatic carbocycles. The molecule has 1 aliphatic rings. The third-order valence-electron chi connectivity index (χ3n) is 4.52. The van der Waals surface area contributed by atoms with Gasteiger partial charge in [0, 0.05) is 20.4 Å². The van der Waals surface area contributed by atoms with Gasteiger partial charge in [0.25, 0.3) is 5.91 Å². The number of carbonyl (C=O) groups excluding carboxylic acids is 2. The van der Waals surface area contributed by atoms with E-state index in [4.69, 9.17) is 0 Å². The second-order valence-corrected chi connectivity index (χ2v) is 8.47. The molecule has 0 fully saturated rings. The van der Waals surface area contributed by atoms with Crippen molar-refractivity contribution in [2.75, 3.05) is 11.9 Å². The molecule has 25 heavy (non-hydrogen) atoms. The molecule has 1 heterocycles. The maximum Gasteiger partial charge on any atom is 0.252 e. The van der Waals surface area contributed by atoms with Crippen LogP contribution < -0.4 is 10.6 Å². The Morgan fingerprint density at radius 3 is 2.92 bits per heavy atom. The summed E-state index contributed by atoms with van der Waals surface area (Å²) in [6.07, 6.45) is 3.12. The van der Waals surface area contributed by atoms with Gasteiger partial charge in [-0.15, -0.1) is 11.3 Å². The van der Waals surface area contributed by atoms with E-state index in [1.165, 1.54) is 10.4 Å². The fourth-order valence-electron chi connectivity index (χ4n) is 3.09. The first kappa shape index (κ1) is 18.1. The summed E-state index contributed by atoms with van der Waals surface area (Å²) >= 11 is 5.06. The van der Waals surface area contributed by atoms with E-state index in [1.807, 2.05) is 30.5 Å². The van der Waals surface area contributed by atoms with Crippen LogP contribution in [0.2, 0.25) is 0 Å². The number of rotatable bonds is 4. The van der Waals surface area contributed by atoms with E-state index < -0.39 is 0 Å². The Kier molecular flexibility index (Phi) is 5.59. The number of thiophene rings is 1. The summed E-state index contributed by atoms with van der Waals surface area (Å²) in [5.74, 6) is 0.299. The zero-order chi connectivity index (χ0) is 18.0. The number of hydrogen-bond donors (Lipinski definition) is 2. The Bertz CT molecular complexity index is 816. The lowest BCUT2D eigenvalue weighted by Gasteiger charge is -2.18. The summed E-state index contributed by atoms with van der Waals surface area (Å²) in [6, 6.07) is 5.65. The van der Waals surface area contributed by atoms with Gasteiger partial charge in [-0.2, -0.15) is 0 Å². The first-order valence-electron chi connectivity index (χ1n) is 8.37. The van der Waals surface area contributed by atoms with Crippen LogP contribution in [-0.4, -0.2) is 18.4 Å². The second kappa shape index (κ2) is 7.70. The minimum atomic E-state index is -0.225. The molecule has 2 N–H and O–H groups in total. The third-order valence-corrected chi connectivity index (χ3v) is 6.06. The zero-order valence-electron chi connectivity index (χ0n) is 14.3. The van der Waals surface area contributed by atoms with Crippen LogP contribution in [0.3, 0.4) is 0 Å².